The topological polar surface area (TPSA) is 78.5 Å². The predicted octanol–water partition coefficient (Wildman–Crippen LogP) is 4.64. The number of benzene rings is 1. The molecule has 0 spiro atoms. The molecule has 7 heteroatoms. The third kappa shape index (κ3) is 3.41. The third-order valence-electron chi connectivity index (χ3n) is 3.90. The predicted molar refractivity (Wildman–Crippen MR) is 98.0 cm³/mol. The van der Waals surface area contributed by atoms with Crippen molar-refractivity contribution in [1.82, 2.24) is 20.2 Å². The Labute approximate surface area is 148 Å². The molecule has 0 radical (unpaired) electrons. The summed E-state index contributed by atoms with van der Waals surface area (Å²) in [6.45, 7) is 2.06. The average Bonchev–Trinajstić information content (AvgIpc) is 3.33. The van der Waals surface area contributed by atoms with E-state index in [0.717, 1.165) is 21.7 Å². The molecule has 3 N–H and O–H groups in total. The van der Waals surface area contributed by atoms with Crippen molar-refractivity contribution in [2.75, 3.05) is 10.6 Å². The summed E-state index contributed by atoms with van der Waals surface area (Å²) in [6, 6.07) is 10.2. The largest absolute Gasteiger partial charge is 0.339 e. The molecular weight excluding hydrogens is 368 g/mol. The number of hydrogen-bond acceptors (Lipinski definition) is 5. The maximum Gasteiger partial charge on any atom is 0.230 e. The molecule has 6 nitrogen and oxygen atoms in total. The Morgan fingerprint density at radius 1 is 1.17 bits per heavy atom. The van der Waals surface area contributed by atoms with Crippen molar-refractivity contribution in [3.63, 3.8) is 0 Å². The highest BCUT2D eigenvalue weighted by Crippen LogP contribution is 2.39. The van der Waals surface area contributed by atoms with Crippen LogP contribution in [0.1, 0.15) is 30.0 Å². The van der Waals surface area contributed by atoms with Gasteiger partial charge in [-0.3, -0.25) is 5.10 Å². The lowest BCUT2D eigenvalue weighted by molar-refractivity contribution is 0.965. The molecular formula is C17H17BrN6. The molecule has 4 rings (SSSR count). The van der Waals surface area contributed by atoms with Crippen LogP contribution in [0.3, 0.4) is 0 Å². The number of aryl methyl sites for hydroxylation is 1. The van der Waals surface area contributed by atoms with Gasteiger partial charge in [-0.15, -0.1) is 0 Å². The lowest BCUT2D eigenvalue weighted by atomic mass is 10.2. The van der Waals surface area contributed by atoms with Gasteiger partial charge in [-0.2, -0.15) is 10.1 Å². The van der Waals surface area contributed by atoms with E-state index in [4.69, 9.17) is 0 Å². The minimum atomic E-state index is 0.513. The highest BCUT2D eigenvalue weighted by Gasteiger charge is 2.26. The summed E-state index contributed by atoms with van der Waals surface area (Å²) >= 11 is 3.48. The van der Waals surface area contributed by atoms with Crippen LogP contribution >= 0.6 is 15.9 Å². The zero-order chi connectivity index (χ0) is 16.5. The highest BCUT2D eigenvalue weighted by molar-refractivity contribution is 9.10. The van der Waals surface area contributed by atoms with Crippen LogP contribution in [0.4, 0.5) is 23.3 Å². The first kappa shape index (κ1) is 15.1. The summed E-state index contributed by atoms with van der Waals surface area (Å²) in [7, 11) is 0. The van der Waals surface area contributed by atoms with Crippen molar-refractivity contribution in [3.8, 4) is 0 Å². The van der Waals surface area contributed by atoms with Gasteiger partial charge in [0.05, 0.1) is 10.2 Å². The number of hydrogen-bond donors (Lipinski definition) is 3. The fourth-order valence-electron chi connectivity index (χ4n) is 2.40. The minimum absolute atomic E-state index is 0.513. The summed E-state index contributed by atoms with van der Waals surface area (Å²) in [6.07, 6.45) is 4.18. The van der Waals surface area contributed by atoms with Gasteiger partial charge in [0.2, 0.25) is 5.95 Å². The van der Waals surface area contributed by atoms with Crippen LogP contribution in [-0.4, -0.2) is 20.2 Å². The lowest BCUT2D eigenvalue weighted by Gasteiger charge is -2.09. The highest BCUT2D eigenvalue weighted by atomic mass is 79.9. The Kier molecular flexibility index (Phi) is 3.93. The van der Waals surface area contributed by atoms with E-state index in [2.05, 4.69) is 65.8 Å². The number of aromatic nitrogens is 4. The monoisotopic (exact) mass is 384 g/mol. The Morgan fingerprint density at radius 2 is 1.96 bits per heavy atom. The molecule has 1 fully saturated rings. The summed E-state index contributed by atoms with van der Waals surface area (Å²) in [4.78, 5) is 8.83. The molecule has 0 aliphatic heterocycles. The lowest BCUT2D eigenvalue weighted by Crippen LogP contribution is -2.01. The number of nitrogens with zero attached hydrogens (tertiary/aromatic N) is 3. The van der Waals surface area contributed by atoms with E-state index in [-0.39, 0.29) is 0 Å². The first-order valence-electron chi connectivity index (χ1n) is 7.86. The molecule has 24 heavy (non-hydrogen) atoms. The molecule has 0 atom stereocenters. The van der Waals surface area contributed by atoms with Gasteiger partial charge >= 0.3 is 0 Å². The standard InChI is InChI=1S/C17H17BrN6/c1-10-2-6-12(7-3-10)20-16-13(18)9-19-17(22-16)21-15-8-14(23-24-15)11-4-5-11/h2-3,6-9,11H,4-5H2,1H3,(H3,19,20,21,22,23,24). The van der Waals surface area contributed by atoms with Crippen molar-refractivity contribution in [1.29, 1.82) is 0 Å². The van der Waals surface area contributed by atoms with Crippen LogP contribution in [0.15, 0.2) is 41.0 Å². The van der Waals surface area contributed by atoms with Crippen molar-refractivity contribution < 1.29 is 0 Å². The third-order valence-corrected chi connectivity index (χ3v) is 4.48. The molecule has 1 aromatic carbocycles. The molecule has 122 valence electrons. The van der Waals surface area contributed by atoms with E-state index in [1.807, 2.05) is 18.2 Å². The number of aromatic amines is 1. The van der Waals surface area contributed by atoms with Crippen molar-refractivity contribution in [2.24, 2.45) is 0 Å². The van der Waals surface area contributed by atoms with Crippen molar-refractivity contribution in [3.05, 3.63) is 52.3 Å². The first-order chi connectivity index (χ1) is 11.7. The zero-order valence-corrected chi connectivity index (χ0v) is 14.8. The second kappa shape index (κ2) is 6.24. The molecule has 0 unspecified atom stereocenters. The second-order valence-corrected chi connectivity index (χ2v) is 6.84. The normalized spacial score (nSPS) is 13.8. The van der Waals surface area contributed by atoms with Gasteiger partial charge < -0.3 is 10.6 Å². The summed E-state index contributed by atoms with van der Waals surface area (Å²) in [5, 5.41) is 13.8. The van der Waals surface area contributed by atoms with Gasteiger partial charge in [-0.25, -0.2) is 4.98 Å². The second-order valence-electron chi connectivity index (χ2n) is 5.99. The molecule has 2 heterocycles. The van der Waals surface area contributed by atoms with E-state index in [0.29, 0.717) is 17.7 Å². The van der Waals surface area contributed by atoms with E-state index in [1.165, 1.54) is 18.4 Å². The fraction of sp³-hybridized carbons (Fsp3) is 0.235. The van der Waals surface area contributed by atoms with Crippen LogP contribution < -0.4 is 10.6 Å². The van der Waals surface area contributed by atoms with E-state index >= 15 is 0 Å². The van der Waals surface area contributed by atoms with Gasteiger partial charge in [0, 0.05) is 23.9 Å². The number of halogens is 1. The van der Waals surface area contributed by atoms with Crippen LogP contribution in [-0.2, 0) is 0 Å². The number of anilines is 4. The van der Waals surface area contributed by atoms with E-state index in [9.17, 15) is 0 Å². The Hall–Kier alpha value is -2.41. The van der Waals surface area contributed by atoms with Crippen LogP contribution in [0.5, 0.6) is 0 Å². The SMILES string of the molecule is Cc1ccc(Nc2nc(Nc3cc(C4CC4)n[nH]3)ncc2Br)cc1. The minimum Gasteiger partial charge on any atom is -0.339 e. The average molecular weight is 385 g/mol. The molecule has 1 saturated carbocycles. The van der Waals surface area contributed by atoms with Crippen molar-refractivity contribution in [2.45, 2.75) is 25.7 Å². The van der Waals surface area contributed by atoms with Crippen LogP contribution in [0, 0.1) is 6.92 Å². The zero-order valence-electron chi connectivity index (χ0n) is 13.2. The number of nitrogens with one attached hydrogen (secondary N) is 3. The molecule has 1 aliphatic carbocycles. The van der Waals surface area contributed by atoms with Gasteiger partial charge in [-0.05, 0) is 47.8 Å². The fourth-order valence-corrected chi connectivity index (χ4v) is 2.69. The number of H-pyrrole nitrogens is 1. The van der Waals surface area contributed by atoms with Crippen molar-refractivity contribution >= 4 is 39.2 Å². The van der Waals surface area contributed by atoms with E-state index in [1.54, 1.807) is 6.20 Å². The Bertz CT molecular complexity index is 854. The van der Waals surface area contributed by atoms with Gasteiger partial charge in [-0.1, -0.05) is 17.7 Å². The van der Waals surface area contributed by atoms with Crippen LogP contribution in [0.25, 0.3) is 0 Å². The summed E-state index contributed by atoms with van der Waals surface area (Å²) < 4.78 is 0.803. The summed E-state index contributed by atoms with van der Waals surface area (Å²) in [5.41, 5.74) is 3.30. The molecule has 0 amide bonds. The molecule has 0 bridgehead atoms. The Morgan fingerprint density at radius 3 is 2.71 bits per heavy atom. The van der Waals surface area contributed by atoms with Gasteiger partial charge in [0.1, 0.15) is 11.6 Å². The maximum absolute atomic E-state index is 4.53. The summed E-state index contributed by atoms with van der Waals surface area (Å²) in [5.74, 6) is 2.64. The smallest absolute Gasteiger partial charge is 0.230 e. The van der Waals surface area contributed by atoms with Gasteiger partial charge in [0.25, 0.3) is 0 Å². The Balaban J connectivity index is 1.52. The van der Waals surface area contributed by atoms with Gasteiger partial charge in [0.15, 0.2) is 0 Å². The van der Waals surface area contributed by atoms with E-state index < -0.39 is 0 Å². The quantitative estimate of drug-likeness (QED) is 0.597. The maximum atomic E-state index is 4.53. The number of rotatable bonds is 5. The molecule has 3 aromatic rings. The molecule has 0 saturated heterocycles. The van der Waals surface area contributed by atoms with Crippen LogP contribution in [0.2, 0.25) is 0 Å². The molecule has 1 aliphatic rings. The molecule has 2 aromatic heterocycles. The first-order valence-corrected chi connectivity index (χ1v) is 8.65.